The van der Waals surface area contributed by atoms with Crippen molar-refractivity contribution >= 4 is 18.0 Å². The van der Waals surface area contributed by atoms with Crippen molar-refractivity contribution in [2.75, 3.05) is 13.7 Å². The van der Waals surface area contributed by atoms with Crippen LogP contribution >= 0.6 is 0 Å². The van der Waals surface area contributed by atoms with E-state index in [0.717, 1.165) is 11.3 Å². The van der Waals surface area contributed by atoms with E-state index in [1.165, 1.54) is 0 Å². The van der Waals surface area contributed by atoms with Gasteiger partial charge in [0.1, 0.15) is 18.1 Å². The molecule has 2 heterocycles. The molecule has 2 aromatic carbocycles. The van der Waals surface area contributed by atoms with Gasteiger partial charge in [-0.25, -0.2) is 4.79 Å². The minimum atomic E-state index is -0.407. The molecule has 1 amide bonds. The molecule has 0 saturated carbocycles. The Morgan fingerprint density at radius 2 is 2.00 bits per heavy atom. The Balaban J connectivity index is 1.45. The molecule has 0 aromatic heterocycles. The minimum absolute atomic E-state index is 0.0931. The van der Waals surface area contributed by atoms with Crippen LogP contribution in [0.5, 0.6) is 5.75 Å². The predicted molar refractivity (Wildman–Crippen MR) is 97.7 cm³/mol. The third-order valence-electron chi connectivity index (χ3n) is 4.66. The molecule has 138 valence electrons. The van der Waals surface area contributed by atoms with Crippen LogP contribution in [0.25, 0.3) is 6.08 Å². The number of hydrogen-bond donors (Lipinski definition) is 0. The zero-order chi connectivity index (χ0) is 18.8. The van der Waals surface area contributed by atoms with E-state index >= 15 is 0 Å². The van der Waals surface area contributed by atoms with E-state index in [0.29, 0.717) is 29.9 Å². The number of esters is 1. The maximum Gasteiger partial charge on any atom is 0.339 e. The summed E-state index contributed by atoms with van der Waals surface area (Å²) in [6.45, 7) is 0.618. The van der Waals surface area contributed by atoms with Crippen molar-refractivity contribution in [1.82, 2.24) is 4.90 Å². The number of amides is 1. The van der Waals surface area contributed by atoms with Gasteiger partial charge in [0.2, 0.25) is 5.91 Å². The van der Waals surface area contributed by atoms with Crippen LogP contribution in [0.15, 0.2) is 54.3 Å². The number of carbonyl (C=O) groups is 2. The van der Waals surface area contributed by atoms with Gasteiger partial charge in [0.05, 0.1) is 25.6 Å². The standard InChI is InChI=1S/C21H19NO5/c1-25-16-8-6-14(7-9-16)13-26-21(24)18-5-3-2-4-15(18)10-17-12-22-19(23)11-20(22)27-17/h2-10,20H,11-13H2,1H3. The molecule has 0 spiro atoms. The summed E-state index contributed by atoms with van der Waals surface area (Å²) < 4.78 is 16.3. The van der Waals surface area contributed by atoms with Crippen LogP contribution in [0.3, 0.4) is 0 Å². The first-order chi connectivity index (χ1) is 13.1. The van der Waals surface area contributed by atoms with Crippen molar-refractivity contribution in [3.05, 3.63) is 71.0 Å². The first kappa shape index (κ1) is 17.1. The van der Waals surface area contributed by atoms with Gasteiger partial charge in [-0.3, -0.25) is 9.69 Å². The number of methoxy groups -OCH3 is 1. The van der Waals surface area contributed by atoms with Gasteiger partial charge in [-0.15, -0.1) is 0 Å². The molecule has 6 heteroatoms. The lowest BCUT2D eigenvalue weighted by Crippen LogP contribution is -2.48. The summed E-state index contributed by atoms with van der Waals surface area (Å²) in [6.07, 6.45) is 2.07. The van der Waals surface area contributed by atoms with Crippen molar-refractivity contribution < 1.29 is 23.8 Å². The van der Waals surface area contributed by atoms with E-state index < -0.39 is 5.97 Å². The molecule has 2 aliphatic heterocycles. The normalized spacial score (nSPS) is 19.3. The van der Waals surface area contributed by atoms with E-state index in [9.17, 15) is 9.59 Å². The molecule has 0 aliphatic carbocycles. The summed E-state index contributed by atoms with van der Waals surface area (Å²) in [5, 5.41) is 0. The number of benzene rings is 2. The molecular weight excluding hydrogens is 346 g/mol. The van der Waals surface area contributed by atoms with Crippen molar-refractivity contribution in [3.8, 4) is 5.75 Å². The molecule has 2 aliphatic rings. The lowest BCUT2D eigenvalue weighted by atomic mass is 10.1. The average Bonchev–Trinajstić information content (AvgIpc) is 3.03. The van der Waals surface area contributed by atoms with Crippen LogP contribution < -0.4 is 4.74 Å². The van der Waals surface area contributed by atoms with Crippen LogP contribution in [-0.2, 0) is 20.9 Å². The molecule has 2 fully saturated rings. The molecule has 0 bridgehead atoms. The quantitative estimate of drug-likeness (QED) is 0.602. The van der Waals surface area contributed by atoms with E-state index in [1.54, 1.807) is 30.2 Å². The summed E-state index contributed by atoms with van der Waals surface area (Å²) in [5.74, 6) is 1.12. The Labute approximate surface area is 156 Å². The molecule has 2 aromatic rings. The van der Waals surface area contributed by atoms with Gasteiger partial charge in [-0.1, -0.05) is 30.3 Å². The van der Waals surface area contributed by atoms with Gasteiger partial charge in [0.25, 0.3) is 0 Å². The lowest BCUT2D eigenvalue weighted by molar-refractivity contribution is -0.153. The Hall–Kier alpha value is -3.28. The maximum atomic E-state index is 12.5. The number of fused-ring (bicyclic) bond motifs is 1. The minimum Gasteiger partial charge on any atom is -0.497 e. The van der Waals surface area contributed by atoms with Gasteiger partial charge in [-0.05, 0) is 35.4 Å². The fourth-order valence-corrected chi connectivity index (χ4v) is 3.11. The number of ether oxygens (including phenoxy) is 3. The Morgan fingerprint density at radius 1 is 1.22 bits per heavy atom. The molecule has 0 N–H and O–H groups in total. The highest BCUT2D eigenvalue weighted by atomic mass is 16.5. The number of hydrogen-bond acceptors (Lipinski definition) is 5. The first-order valence-electron chi connectivity index (χ1n) is 8.70. The highest BCUT2D eigenvalue weighted by Gasteiger charge is 2.43. The summed E-state index contributed by atoms with van der Waals surface area (Å²) in [5.41, 5.74) is 2.05. The Bertz CT molecular complexity index is 903. The highest BCUT2D eigenvalue weighted by molar-refractivity contribution is 5.94. The molecule has 0 radical (unpaired) electrons. The zero-order valence-corrected chi connectivity index (χ0v) is 14.9. The van der Waals surface area contributed by atoms with E-state index in [2.05, 4.69) is 0 Å². The maximum absolute atomic E-state index is 12.5. The van der Waals surface area contributed by atoms with Crippen molar-refractivity contribution in [2.24, 2.45) is 0 Å². The summed E-state index contributed by atoms with van der Waals surface area (Å²) in [7, 11) is 1.60. The Kier molecular flexibility index (Phi) is 4.54. The average molecular weight is 365 g/mol. The molecular formula is C21H19NO5. The third-order valence-corrected chi connectivity index (χ3v) is 4.66. The predicted octanol–water partition coefficient (Wildman–Crippen LogP) is 2.98. The van der Waals surface area contributed by atoms with Gasteiger partial charge < -0.3 is 14.2 Å². The SMILES string of the molecule is COc1ccc(COC(=O)c2ccccc2C=C2CN3C(=O)CC3O2)cc1. The number of β-lactam (4-membered cyclic amide) rings is 1. The fraction of sp³-hybridized carbons (Fsp3) is 0.238. The summed E-state index contributed by atoms with van der Waals surface area (Å²) in [4.78, 5) is 25.7. The van der Waals surface area contributed by atoms with Crippen molar-refractivity contribution in [2.45, 2.75) is 19.3 Å². The Morgan fingerprint density at radius 3 is 2.70 bits per heavy atom. The van der Waals surface area contributed by atoms with Crippen LogP contribution in [0.2, 0.25) is 0 Å². The van der Waals surface area contributed by atoms with E-state index in [1.807, 2.05) is 36.4 Å². The summed E-state index contributed by atoms with van der Waals surface area (Å²) in [6, 6.07) is 14.5. The molecule has 1 unspecified atom stereocenters. The molecule has 2 saturated heterocycles. The number of carbonyl (C=O) groups excluding carboxylic acids is 2. The first-order valence-corrected chi connectivity index (χ1v) is 8.70. The monoisotopic (exact) mass is 365 g/mol. The summed E-state index contributed by atoms with van der Waals surface area (Å²) >= 11 is 0. The van der Waals surface area contributed by atoms with Crippen LogP contribution in [0, 0.1) is 0 Å². The smallest absolute Gasteiger partial charge is 0.339 e. The van der Waals surface area contributed by atoms with Gasteiger partial charge >= 0.3 is 5.97 Å². The largest absolute Gasteiger partial charge is 0.497 e. The van der Waals surface area contributed by atoms with Crippen molar-refractivity contribution in [1.29, 1.82) is 0 Å². The van der Waals surface area contributed by atoms with Crippen LogP contribution in [-0.4, -0.2) is 36.7 Å². The van der Waals surface area contributed by atoms with Gasteiger partial charge in [0.15, 0.2) is 6.23 Å². The van der Waals surface area contributed by atoms with E-state index in [4.69, 9.17) is 14.2 Å². The van der Waals surface area contributed by atoms with Crippen LogP contribution in [0.1, 0.15) is 27.9 Å². The molecule has 4 rings (SSSR count). The van der Waals surface area contributed by atoms with Crippen molar-refractivity contribution in [3.63, 3.8) is 0 Å². The third kappa shape index (κ3) is 3.51. The number of nitrogens with zero attached hydrogens (tertiary/aromatic N) is 1. The number of rotatable bonds is 5. The molecule has 1 atom stereocenters. The lowest BCUT2D eigenvalue weighted by Gasteiger charge is -2.30. The van der Waals surface area contributed by atoms with Gasteiger partial charge in [0, 0.05) is 0 Å². The molecule has 6 nitrogen and oxygen atoms in total. The highest BCUT2D eigenvalue weighted by Crippen LogP contribution is 2.32. The second-order valence-corrected chi connectivity index (χ2v) is 6.42. The van der Waals surface area contributed by atoms with E-state index in [-0.39, 0.29) is 18.7 Å². The van der Waals surface area contributed by atoms with Gasteiger partial charge in [-0.2, -0.15) is 0 Å². The fourth-order valence-electron chi connectivity index (χ4n) is 3.11. The second-order valence-electron chi connectivity index (χ2n) is 6.42. The topological polar surface area (TPSA) is 65.1 Å². The second kappa shape index (κ2) is 7.15. The molecule has 27 heavy (non-hydrogen) atoms. The van der Waals surface area contributed by atoms with Crippen LogP contribution in [0.4, 0.5) is 0 Å². The zero-order valence-electron chi connectivity index (χ0n) is 14.9.